The van der Waals surface area contributed by atoms with Crippen molar-refractivity contribution in [2.75, 3.05) is 11.1 Å². The predicted molar refractivity (Wildman–Crippen MR) is 81.5 cm³/mol. The fourth-order valence-corrected chi connectivity index (χ4v) is 2.08. The summed E-state index contributed by atoms with van der Waals surface area (Å²) < 4.78 is 0.815. The van der Waals surface area contributed by atoms with Crippen LogP contribution in [0.25, 0.3) is 0 Å². The third-order valence-electron chi connectivity index (χ3n) is 2.70. The molecule has 0 aliphatic rings. The minimum atomic E-state index is -0.595. The van der Waals surface area contributed by atoms with Crippen LogP contribution in [-0.4, -0.2) is 5.91 Å². The number of rotatable bonds is 3. The van der Waals surface area contributed by atoms with E-state index in [-0.39, 0.29) is 5.56 Å². The van der Waals surface area contributed by atoms with Gasteiger partial charge in [0.25, 0.3) is 5.91 Å². The number of carbonyl (C=O) groups is 1. The molecule has 20 heavy (non-hydrogen) atoms. The average molecular weight is 331 g/mol. The third-order valence-corrected chi connectivity index (χ3v) is 3.19. The van der Waals surface area contributed by atoms with Crippen LogP contribution in [0.3, 0.4) is 0 Å². The van der Waals surface area contributed by atoms with E-state index in [0.29, 0.717) is 22.6 Å². The first kappa shape index (κ1) is 13.9. The summed E-state index contributed by atoms with van der Waals surface area (Å²) in [5, 5.41) is 12.2. The Morgan fingerprint density at radius 3 is 2.65 bits per heavy atom. The van der Waals surface area contributed by atoms with E-state index in [0.717, 1.165) is 4.47 Å². The molecule has 100 valence electrons. The van der Waals surface area contributed by atoms with Gasteiger partial charge < -0.3 is 16.8 Å². The topological polar surface area (TPSA) is 105 Å². The zero-order valence-electron chi connectivity index (χ0n) is 10.4. The number of nitrogen functional groups attached to an aromatic ring is 1. The Kier molecular flexibility index (Phi) is 3.91. The molecular formula is C14H11BrN4O. The lowest BCUT2D eigenvalue weighted by Crippen LogP contribution is -2.13. The summed E-state index contributed by atoms with van der Waals surface area (Å²) >= 11 is 3.31. The van der Waals surface area contributed by atoms with Gasteiger partial charge in [-0.05, 0) is 36.4 Å². The number of nitriles is 1. The second-order valence-electron chi connectivity index (χ2n) is 4.09. The Morgan fingerprint density at radius 2 is 2.00 bits per heavy atom. The quantitative estimate of drug-likeness (QED) is 0.752. The fourth-order valence-electron chi connectivity index (χ4n) is 1.72. The van der Waals surface area contributed by atoms with Crippen molar-refractivity contribution in [2.24, 2.45) is 5.73 Å². The molecule has 0 aliphatic heterocycles. The number of hydrogen-bond donors (Lipinski definition) is 3. The van der Waals surface area contributed by atoms with E-state index in [2.05, 4.69) is 27.3 Å². The zero-order valence-corrected chi connectivity index (χ0v) is 11.9. The molecule has 0 heterocycles. The molecule has 0 unspecified atom stereocenters. The molecule has 0 atom stereocenters. The number of halogens is 1. The van der Waals surface area contributed by atoms with Crippen molar-refractivity contribution in [1.29, 1.82) is 5.26 Å². The molecule has 5 N–H and O–H groups in total. The van der Waals surface area contributed by atoms with Gasteiger partial charge >= 0.3 is 0 Å². The van der Waals surface area contributed by atoms with Crippen LogP contribution in [0.15, 0.2) is 40.9 Å². The molecule has 5 nitrogen and oxygen atoms in total. The van der Waals surface area contributed by atoms with Crippen LogP contribution >= 0.6 is 15.9 Å². The Labute approximate surface area is 124 Å². The fraction of sp³-hybridized carbons (Fsp3) is 0. The summed E-state index contributed by atoms with van der Waals surface area (Å²) in [7, 11) is 0. The van der Waals surface area contributed by atoms with Gasteiger partial charge in [0.15, 0.2) is 0 Å². The van der Waals surface area contributed by atoms with Gasteiger partial charge in [-0.15, -0.1) is 0 Å². The summed E-state index contributed by atoms with van der Waals surface area (Å²) in [5.74, 6) is -0.595. The highest BCUT2D eigenvalue weighted by molar-refractivity contribution is 9.10. The number of amides is 1. The Bertz CT molecular complexity index is 722. The number of carbonyl (C=O) groups excluding carboxylic acids is 1. The molecule has 0 fully saturated rings. The van der Waals surface area contributed by atoms with Crippen molar-refractivity contribution in [3.8, 4) is 6.07 Å². The standard InChI is InChI=1S/C14H11BrN4O/c15-9-1-4-13(8(5-9)7-16)19-10-2-3-12(17)11(6-10)14(18)20/h1-6,19H,17H2,(H2,18,20). The van der Waals surface area contributed by atoms with Crippen molar-refractivity contribution >= 4 is 38.9 Å². The highest BCUT2D eigenvalue weighted by atomic mass is 79.9. The smallest absolute Gasteiger partial charge is 0.250 e. The number of benzene rings is 2. The molecule has 0 aliphatic carbocycles. The van der Waals surface area contributed by atoms with Crippen LogP contribution in [0.4, 0.5) is 17.1 Å². The molecule has 1 amide bonds. The number of nitrogens with two attached hydrogens (primary N) is 2. The van der Waals surface area contributed by atoms with E-state index >= 15 is 0 Å². The molecule has 0 saturated carbocycles. The van der Waals surface area contributed by atoms with E-state index in [1.165, 1.54) is 0 Å². The number of primary amides is 1. The van der Waals surface area contributed by atoms with E-state index < -0.39 is 5.91 Å². The Morgan fingerprint density at radius 1 is 1.25 bits per heavy atom. The van der Waals surface area contributed by atoms with Crippen molar-refractivity contribution < 1.29 is 4.79 Å². The molecule has 0 spiro atoms. The molecule has 6 heteroatoms. The molecule has 0 radical (unpaired) electrons. The summed E-state index contributed by atoms with van der Waals surface area (Å²) in [6.07, 6.45) is 0. The molecule has 2 rings (SSSR count). The monoisotopic (exact) mass is 330 g/mol. The van der Waals surface area contributed by atoms with Gasteiger partial charge in [-0.1, -0.05) is 15.9 Å². The van der Waals surface area contributed by atoms with E-state index in [9.17, 15) is 4.79 Å². The maximum atomic E-state index is 11.3. The van der Waals surface area contributed by atoms with Crippen molar-refractivity contribution in [3.05, 3.63) is 52.0 Å². The maximum absolute atomic E-state index is 11.3. The maximum Gasteiger partial charge on any atom is 0.250 e. The zero-order chi connectivity index (χ0) is 14.7. The predicted octanol–water partition coefficient (Wildman–Crippen LogP) is 2.75. The van der Waals surface area contributed by atoms with Crippen LogP contribution in [-0.2, 0) is 0 Å². The number of nitrogens with zero attached hydrogens (tertiary/aromatic N) is 1. The van der Waals surface area contributed by atoms with Crippen LogP contribution in [0.2, 0.25) is 0 Å². The van der Waals surface area contributed by atoms with Crippen LogP contribution in [0.5, 0.6) is 0 Å². The SMILES string of the molecule is N#Cc1cc(Br)ccc1Nc1ccc(N)c(C(N)=O)c1. The van der Waals surface area contributed by atoms with Gasteiger partial charge in [-0.2, -0.15) is 5.26 Å². The normalized spacial score (nSPS) is 9.80. The van der Waals surface area contributed by atoms with E-state index in [1.54, 1.807) is 30.3 Å². The number of anilines is 3. The van der Waals surface area contributed by atoms with E-state index in [1.807, 2.05) is 6.07 Å². The Balaban J connectivity index is 2.38. The lowest BCUT2D eigenvalue weighted by atomic mass is 10.1. The molecule has 0 bridgehead atoms. The van der Waals surface area contributed by atoms with Gasteiger partial charge in [-0.25, -0.2) is 0 Å². The third kappa shape index (κ3) is 2.90. The Hall–Kier alpha value is -2.52. The summed E-state index contributed by atoms with van der Waals surface area (Å²) in [6, 6.07) is 12.2. The number of hydrogen-bond acceptors (Lipinski definition) is 4. The minimum Gasteiger partial charge on any atom is -0.398 e. The summed E-state index contributed by atoms with van der Waals surface area (Å²) in [5.41, 5.74) is 13.2. The van der Waals surface area contributed by atoms with Gasteiger partial charge in [0, 0.05) is 15.8 Å². The van der Waals surface area contributed by atoms with Gasteiger partial charge in [0.05, 0.1) is 16.8 Å². The van der Waals surface area contributed by atoms with Gasteiger partial charge in [0.2, 0.25) is 0 Å². The molecule has 0 saturated heterocycles. The van der Waals surface area contributed by atoms with Crippen LogP contribution in [0.1, 0.15) is 15.9 Å². The first-order chi connectivity index (χ1) is 9.51. The highest BCUT2D eigenvalue weighted by Gasteiger charge is 2.08. The summed E-state index contributed by atoms with van der Waals surface area (Å²) in [6.45, 7) is 0. The first-order valence-electron chi connectivity index (χ1n) is 5.67. The second-order valence-corrected chi connectivity index (χ2v) is 5.01. The van der Waals surface area contributed by atoms with Gasteiger partial charge in [-0.3, -0.25) is 4.79 Å². The highest BCUT2D eigenvalue weighted by Crippen LogP contribution is 2.25. The number of nitrogens with one attached hydrogen (secondary N) is 1. The minimum absolute atomic E-state index is 0.241. The van der Waals surface area contributed by atoms with Crippen molar-refractivity contribution in [1.82, 2.24) is 0 Å². The van der Waals surface area contributed by atoms with E-state index in [4.69, 9.17) is 16.7 Å². The molecule has 2 aromatic carbocycles. The van der Waals surface area contributed by atoms with Gasteiger partial charge in [0.1, 0.15) is 6.07 Å². The first-order valence-corrected chi connectivity index (χ1v) is 6.46. The van der Waals surface area contributed by atoms with Crippen molar-refractivity contribution in [2.45, 2.75) is 0 Å². The van der Waals surface area contributed by atoms with Crippen molar-refractivity contribution in [3.63, 3.8) is 0 Å². The average Bonchev–Trinajstić information content (AvgIpc) is 2.42. The lowest BCUT2D eigenvalue weighted by Gasteiger charge is -2.10. The molecule has 2 aromatic rings. The van der Waals surface area contributed by atoms with Crippen LogP contribution in [0, 0.1) is 11.3 Å². The molecule has 0 aromatic heterocycles. The lowest BCUT2D eigenvalue weighted by molar-refractivity contribution is 0.100. The molecular weight excluding hydrogens is 320 g/mol. The summed E-state index contributed by atoms with van der Waals surface area (Å²) in [4.78, 5) is 11.3. The largest absolute Gasteiger partial charge is 0.398 e. The van der Waals surface area contributed by atoms with Crippen LogP contribution < -0.4 is 16.8 Å². The second kappa shape index (κ2) is 5.63.